The topological polar surface area (TPSA) is 77.6 Å². The van der Waals surface area contributed by atoms with E-state index in [0.717, 1.165) is 22.8 Å². The number of hydrogen-bond acceptors (Lipinski definition) is 5. The number of rotatable bonds is 8. The van der Waals surface area contributed by atoms with E-state index < -0.39 is 0 Å². The molecule has 3 aromatic rings. The molecule has 2 N–H and O–H groups in total. The maximum atomic E-state index is 13.3. The van der Waals surface area contributed by atoms with E-state index in [-0.39, 0.29) is 34.7 Å². The maximum Gasteiger partial charge on any atom is 0.244 e. The Bertz CT molecular complexity index is 1200. The lowest BCUT2D eigenvalue weighted by Gasteiger charge is -2.25. The monoisotopic (exact) mass is 511 g/mol. The first-order chi connectivity index (χ1) is 18.2. The molecule has 0 spiro atoms. The number of pyridine rings is 1. The standard InChI is InChI=1S/C31H37N5O2/c1-30(2)20-35(24-14-7-5-8-15-24)28(37)26(30)32-18-22-12-11-13-23(34-22)19-33-27-29(38)36(21-31(27,3)4)25-16-9-6-10-17-25/h5-17,26-27,32-33H,18-21H2,1-4H3/t26-,27-/m1/s1. The van der Waals surface area contributed by atoms with Crippen molar-refractivity contribution in [1.29, 1.82) is 0 Å². The molecule has 2 atom stereocenters. The Morgan fingerprint density at radius 3 is 1.45 bits per heavy atom. The summed E-state index contributed by atoms with van der Waals surface area (Å²) in [5.74, 6) is 0.174. The van der Waals surface area contributed by atoms with Crippen molar-refractivity contribution in [2.75, 3.05) is 22.9 Å². The van der Waals surface area contributed by atoms with Crippen LogP contribution in [0.2, 0.25) is 0 Å². The molecular weight excluding hydrogens is 474 g/mol. The number of hydrogen-bond donors (Lipinski definition) is 2. The van der Waals surface area contributed by atoms with Crippen molar-refractivity contribution in [3.05, 3.63) is 90.3 Å². The normalized spacial score (nSPS) is 22.3. The summed E-state index contributed by atoms with van der Waals surface area (Å²) in [4.78, 5) is 35.1. The van der Waals surface area contributed by atoms with Crippen LogP contribution in [0.5, 0.6) is 0 Å². The minimum absolute atomic E-state index is 0.0870. The van der Waals surface area contributed by atoms with Crippen molar-refractivity contribution in [2.24, 2.45) is 10.8 Å². The molecule has 198 valence electrons. The summed E-state index contributed by atoms with van der Waals surface area (Å²) in [7, 11) is 0. The first-order valence-electron chi connectivity index (χ1n) is 13.3. The van der Waals surface area contributed by atoms with Crippen LogP contribution in [0.1, 0.15) is 39.1 Å². The number of anilines is 2. The molecule has 0 bridgehead atoms. The lowest BCUT2D eigenvalue weighted by atomic mass is 9.87. The fraction of sp³-hybridized carbons (Fsp3) is 0.387. The Kier molecular flexibility index (Phi) is 7.07. The highest BCUT2D eigenvalue weighted by molar-refractivity contribution is 6.01. The Hall–Kier alpha value is -3.55. The van der Waals surface area contributed by atoms with E-state index in [1.807, 2.05) is 88.7 Å². The first-order valence-corrected chi connectivity index (χ1v) is 13.3. The highest BCUT2D eigenvalue weighted by Crippen LogP contribution is 2.35. The van der Waals surface area contributed by atoms with Gasteiger partial charge in [-0.05, 0) is 36.4 Å². The number of carbonyl (C=O) groups excluding carboxylic acids is 2. The Morgan fingerprint density at radius 1 is 0.658 bits per heavy atom. The minimum atomic E-state index is -0.299. The average Bonchev–Trinajstić information content (AvgIpc) is 3.29. The van der Waals surface area contributed by atoms with E-state index in [1.165, 1.54) is 0 Å². The largest absolute Gasteiger partial charge is 0.310 e. The zero-order valence-electron chi connectivity index (χ0n) is 22.6. The fourth-order valence-corrected chi connectivity index (χ4v) is 5.65. The van der Waals surface area contributed by atoms with Crippen LogP contribution < -0.4 is 20.4 Å². The van der Waals surface area contributed by atoms with Crippen LogP contribution >= 0.6 is 0 Å². The van der Waals surface area contributed by atoms with Gasteiger partial charge in [-0.3, -0.25) is 25.2 Å². The zero-order chi connectivity index (χ0) is 26.9. The van der Waals surface area contributed by atoms with E-state index in [9.17, 15) is 9.59 Å². The Morgan fingerprint density at radius 2 is 1.05 bits per heavy atom. The van der Waals surface area contributed by atoms with Gasteiger partial charge in [-0.2, -0.15) is 0 Å². The van der Waals surface area contributed by atoms with Crippen LogP contribution in [0.4, 0.5) is 11.4 Å². The predicted molar refractivity (Wildman–Crippen MR) is 151 cm³/mol. The van der Waals surface area contributed by atoms with Crippen molar-refractivity contribution in [3.8, 4) is 0 Å². The quantitative estimate of drug-likeness (QED) is 0.475. The van der Waals surface area contributed by atoms with E-state index in [0.29, 0.717) is 26.2 Å². The van der Waals surface area contributed by atoms with Gasteiger partial charge in [0, 0.05) is 48.4 Å². The third-order valence-electron chi connectivity index (χ3n) is 7.69. The molecule has 2 aromatic carbocycles. The Labute approximate surface area is 225 Å². The van der Waals surface area contributed by atoms with Gasteiger partial charge in [-0.15, -0.1) is 0 Å². The molecule has 0 unspecified atom stereocenters. The number of aromatic nitrogens is 1. The van der Waals surface area contributed by atoms with Gasteiger partial charge in [0.1, 0.15) is 0 Å². The molecule has 2 aliphatic rings. The van der Waals surface area contributed by atoms with Crippen LogP contribution in [-0.2, 0) is 22.7 Å². The van der Waals surface area contributed by atoms with Gasteiger partial charge in [0.2, 0.25) is 11.8 Å². The number of nitrogens with one attached hydrogen (secondary N) is 2. The van der Waals surface area contributed by atoms with Crippen LogP contribution in [0.15, 0.2) is 78.9 Å². The van der Waals surface area contributed by atoms with E-state index in [4.69, 9.17) is 4.98 Å². The molecule has 7 heteroatoms. The third kappa shape index (κ3) is 5.22. The van der Waals surface area contributed by atoms with E-state index in [2.05, 4.69) is 38.3 Å². The molecule has 3 heterocycles. The SMILES string of the molecule is CC1(C)CN(c2ccccc2)C(=O)[C@H]1NCc1cccc(CN[C@@H]2C(=O)N(c3ccccc3)CC2(C)C)n1. The van der Waals surface area contributed by atoms with Crippen LogP contribution in [-0.4, -0.2) is 42.0 Å². The highest BCUT2D eigenvalue weighted by atomic mass is 16.2. The summed E-state index contributed by atoms with van der Waals surface area (Å²) in [5, 5.41) is 6.94. The summed E-state index contributed by atoms with van der Waals surface area (Å²) in [5.41, 5.74) is 3.16. The van der Waals surface area contributed by atoms with E-state index >= 15 is 0 Å². The summed E-state index contributed by atoms with van der Waals surface area (Å²) < 4.78 is 0. The van der Waals surface area contributed by atoms with Crippen LogP contribution in [0, 0.1) is 10.8 Å². The molecule has 5 rings (SSSR count). The molecule has 0 aliphatic carbocycles. The summed E-state index contributed by atoms with van der Waals surface area (Å²) >= 11 is 0. The molecule has 2 fully saturated rings. The van der Waals surface area contributed by atoms with Gasteiger partial charge < -0.3 is 9.80 Å². The van der Waals surface area contributed by atoms with Gasteiger partial charge in [0.15, 0.2) is 0 Å². The molecule has 2 saturated heterocycles. The number of amides is 2. The smallest absolute Gasteiger partial charge is 0.244 e. The first kappa shape index (κ1) is 26.1. The molecule has 0 saturated carbocycles. The molecule has 38 heavy (non-hydrogen) atoms. The summed E-state index contributed by atoms with van der Waals surface area (Å²) in [6, 6.07) is 25.0. The van der Waals surface area contributed by atoms with Crippen molar-refractivity contribution in [2.45, 2.75) is 52.9 Å². The number of benzene rings is 2. The lowest BCUT2D eigenvalue weighted by Crippen LogP contribution is -2.44. The molecular formula is C31H37N5O2. The number of carbonyl (C=O) groups is 2. The second-order valence-electron chi connectivity index (χ2n) is 11.7. The zero-order valence-corrected chi connectivity index (χ0v) is 22.6. The lowest BCUT2D eigenvalue weighted by molar-refractivity contribution is -0.120. The van der Waals surface area contributed by atoms with Gasteiger partial charge in [-0.25, -0.2) is 0 Å². The van der Waals surface area contributed by atoms with Crippen molar-refractivity contribution >= 4 is 23.2 Å². The second kappa shape index (κ2) is 10.3. The van der Waals surface area contributed by atoms with Crippen LogP contribution in [0.25, 0.3) is 0 Å². The van der Waals surface area contributed by atoms with Gasteiger partial charge >= 0.3 is 0 Å². The van der Waals surface area contributed by atoms with Crippen LogP contribution in [0.3, 0.4) is 0 Å². The van der Waals surface area contributed by atoms with Crippen molar-refractivity contribution in [1.82, 2.24) is 15.6 Å². The average molecular weight is 512 g/mol. The number of nitrogens with zero attached hydrogens (tertiary/aromatic N) is 3. The number of para-hydroxylation sites is 2. The third-order valence-corrected chi connectivity index (χ3v) is 7.69. The van der Waals surface area contributed by atoms with Gasteiger partial charge in [0.05, 0.1) is 23.5 Å². The second-order valence-corrected chi connectivity index (χ2v) is 11.7. The van der Waals surface area contributed by atoms with Crippen molar-refractivity contribution in [3.63, 3.8) is 0 Å². The molecule has 0 radical (unpaired) electrons. The van der Waals surface area contributed by atoms with Crippen molar-refractivity contribution < 1.29 is 9.59 Å². The maximum absolute atomic E-state index is 13.3. The fourth-order valence-electron chi connectivity index (χ4n) is 5.65. The molecule has 7 nitrogen and oxygen atoms in total. The molecule has 2 aliphatic heterocycles. The molecule has 2 amide bonds. The van der Waals surface area contributed by atoms with Gasteiger partial charge in [0.25, 0.3) is 0 Å². The molecule has 1 aromatic heterocycles. The van der Waals surface area contributed by atoms with E-state index in [1.54, 1.807) is 0 Å². The Balaban J connectivity index is 1.22. The summed E-state index contributed by atoms with van der Waals surface area (Å²) in [6.45, 7) is 10.8. The predicted octanol–water partition coefficient (Wildman–Crippen LogP) is 4.14. The highest BCUT2D eigenvalue weighted by Gasteiger charge is 2.47. The minimum Gasteiger partial charge on any atom is -0.310 e. The van der Waals surface area contributed by atoms with Gasteiger partial charge in [-0.1, -0.05) is 70.2 Å². The summed E-state index contributed by atoms with van der Waals surface area (Å²) in [6.07, 6.45) is 0.